The van der Waals surface area contributed by atoms with Crippen LogP contribution in [0.4, 0.5) is 11.4 Å². The normalized spacial score (nSPS) is 18.3. The van der Waals surface area contributed by atoms with Gasteiger partial charge in [0, 0.05) is 29.5 Å². The third-order valence-electron chi connectivity index (χ3n) is 4.22. The summed E-state index contributed by atoms with van der Waals surface area (Å²) in [5.74, 6) is 0.614. The summed E-state index contributed by atoms with van der Waals surface area (Å²) in [7, 11) is 0. The van der Waals surface area contributed by atoms with Gasteiger partial charge in [-0.25, -0.2) is 4.99 Å². The van der Waals surface area contributed by atoms with Gasteiger partial charge in [0.2, 0.25) is 0 Å². The summed E-state index contributed by atoms with van der Waals surface area (Å²) in [6.45, 7) is 4.04. The fourth-order valence-corrected chi connectivity index (χ4v) is 4.05. The van der Waals surface area contributed by atoms with Gasteiger partial charge in [0.1, 0.15) is 0 Å². The molecule has 2 aromatic carbocycles. The number of hydrogen-bond acceptors (Lipinski definition) is 5. The highest BCUT2D eigenvalue weighted by Gasteiger charge is 2.34. The number of amidine groups is 1. The Labute approximate surface area is 156 Å². The smallest absolute Gasteiger partial charge is 0.269 e. The monoisotopic (exact) mass is 369 g/mol. The van der Waals surface area contributed by atoms with Gasteiger partial charge in [-0.05, 0) is 43.2 Å². The number of non-ortho nitro benzene ring substituents is 1. The summed E-state index contributed by atoms with van der Waals surface area (Å²) in [6.07, 6.45) is 0.818. The highest BCUT2D eigenvalue weighted by Crippen LogP contribution is 2.30. The van der Waals surface area contributed by atoms with Crippen LogP contribution in [0.5, 0.6) is 0 Å². The Hall–Kier alpha value is -2.67. The molecule has 1 aliphatic rings. The molecule has 0 spiro atoms. The van der Waals surface area contributed by atoms with Crippen LogP contribution in [-0.2, 0) is 0 Å². The molecule has 1 heterocycles. The molecular formula is C19H19N3O3S. The van der Waals surface area contributed by atoms with E-state index in [0.29, 0.717) is 10.7 Å². The van der Waals surface area contributed by atoms with Gasteiger partial charge in [0.25, 0.3) is 11.6 Å². The number of nitro benzene ring substituents is 1. The number of hydrogen-bond donors (Lipinski definition) is 0. The molecule has 0 aliphatic carbocycles. The molecule has 3 rings (SSSR count). The molecule has 1 amide bonds. The topological polar surface area (TPSA) is 75.8 Å². The Morgan fingerprint density at radius 2 is 2.04 bits per heavy atom. The molecule has 1 fully saturated rings. The van der Waals surface area contributed by atoms with Crippen LogP contribution in [0.1, 0.15) is 29.3 Å². The Kier molecular flexibility index (Phi) is 5.37. The lowest BCUT2D eigenvalue weighted by atomic mass is 10.1. The van der Waals surface area contributed by atoms with E-state index in [9.17, 15) is 14.9 Å². The van der Waals surface area contributed by atoms with Crippen LogP contribution in [0.3, 0.4) is 0 Å². The number of nitrogens with zero attached hydrogens (tertiary/aromatic N) is 3. The molecule has 0 aromatic heterocycles. The first-order valence-electron chi connectivity index (χ1n) is 8.35. The summed E-state index contributed by atoms with van der Waals surface area (Å²) in [6, 6.07) is 13.6. The predicted octanol–water partition coefficient (Wildman–Crippen LogP) is 4.56. The molecule has 0 saturated carbocycles. The SMILES string of the molecule is CC[C@@H]1CSC(=Nc2cccc(C)c2)N1C(=O)c1ccc([N+](=O)[O-])cc1. The van der Waals surface area contributed by atoms with Crippen molar-refractivity contribution in [2.45, 2.75) is 26.3 Å². The molecule has 134 valence electrons. The molecular weight excluding hydrogens is 350 g/mol. The van der Waals surface area contributed by atoms with E-state index in [2.05, 4.69) is 4.99 Å². The van der Waals surface area contributed by atoms with Gasteiger partial charge in [-0.1, -0.05) is 30.8 Å². The van der Waals surface area contributed by atoms with Gasteiger partial charge in [0.05, 0.1) is 10.6 Å². The number of carbonyl (C=O) groups excluding carboxylic acids is 1. The van der Waals surface area contributed by atoms with E-state index in [0.717, 1.165) is 23.4 Å². The zero-order valence-electron chi connectivity index (χ0n) is 14.6. The molecule has 2 aromatic rings. The van der Waals surface area contributed by atoms with E-state index in [1.165, 1.54) is 24.3 Å². The van der Waals surface area contributed by atoms with Gasteiger partial charge in [-0.15, -0.1) is 0 Å². The second kappa shape index (κ2) is 7.70. The van der Waals surface area contributed by atoms with E-state index in [-0.39, 0.29) is 17.6 Å². The van der Waals surface area contributed by atoms with Crippen LogP contribution in [0.2, 0.25) is 0 Å². The number of carbonyl (C=O) groups is 1. The van der Waals surface area contributed by atoms with Crippen molar-refractivity contribution in [2.24, 2.45) is 4.99 Å². The van der Waals surface area contributed by atoms with Crippen LogP contribution in [-0.4, -0.2) is 32.7 Å². The minimum atomic E-state index is -0.473. The number of rotatable bonds is 4. The van der Waals surface area contributed by atoms with E-state index in [1.54, 1.807) is 16.7 Å². The Balaban J connectivity index is 1.92. The second-order valence-corrected chi connectivity index (χ2v) is 7.07. The third-order valence-corrected chi connectivity index (χ3v) is 5.32. The maximum absolute atomic E-state index is 13.0. The highest BCUT2D eigenvalue weighted by molar-refractivity contribution is 8.14. The first-order valence-corrected chi connectivity index (χ1v) is 9.34. The van der Waals surface area contributed by atoms with E-state index >= 15 is 0 Å². The number of benzene rings is 2. The second-order valence-electron chi connectivity index (χ2n) is 6.09. The van der Waals surface area contributed by atoms with Gasteiger partial charge < -0.3 is 0 Å². The lowest BCUT2D eigenvalue weighted by Crippen LogP contribution is -2.39. The minimum Gasteiger partial charge on any atom is -0.283 e. The predicted molar refractivity (Wildman–Crippen MR) is 104 cm³/mol. The number of amides is 1. The average molecular weight is 369 g/mol. The van der Waals surface area contributed by atoms with Crippen LogP contribution in [0.15, 0.2) is 53.5 Å². The summed E-state index contributed by atoms with van der Waals surface area (Å²) in [4.78, 5) is 29.7. The molecule has 26 heavy (non-hydrogen) atoms. The quantitative estimate of drug-likeness (QED) is 0.585. The Morgan fingerprint density at radius 1 is 1.31 bits per heavy atom. The number of nitro groups is 1. The fraction of sp³-hybridized carbons (Fsp3) is 0.263. The number of aryl methyl sites for hydroxylation is 1. The molecule has 0 radical (unpaired) electrons. The van der Waals surface area contributed by atoms with Crippen molar-refractivity contribution in [3.63, 3.8) is 0 Å². The van der Waals surface area contributed by atoms with Crippen molar-refractivity contribution in [1.82, 2.24) is 4.90 Å². The third kappa shape index (κ3) is 3.77. The standard InChI is InChI=1S/C19H19N3O3S/c1-3-16-12-26-19(20-15-6-4-5-13(2)11-15)21(16)18(23)14-7-9-17(10-8-14)22(24)25/h4-11,16H,3,12H2,1-2H3/t16-/m1/s1. The van der Waals surface area contributed by atoms with E-state index in [1.807, 2.05) is 38.1 Å². The van der Waals surface area contributed by atoms with Gasteiger partial charge in [-0.2, -0.15) is 0 Å². The summed E-state index contributed by atoms with van der Waals surface area (Å²) in [5.41, 5.74) is 2.31. The number of aliphatic imine (C=N–C) groups is 1. The van der Waals surface area contributed by atoms with Crippen molar-refractivity contribution in [3.05, 3.63) is 69.8 Å². The van der Waals surface area contributed by atoms with Gasteiger partial charge >= 0.3 is 0 Å². The molecule has 7 heteroatoms. The molecule has 0 N–H and O–H groups in total. The van der Waals surface area contributed by atoms with Crippen LogP contribution in [0.25, 0.3) is 0 Å². The van der Waals surface area contributed by atoms with E-state index in [4.69, 9.17) is 0 Å². The first-order chi connectivity index (χ1) is 12.5. The average Bonchev–Trinajstić information content (AvgIpc) is 3.03. The van der Waals surface area contributed by atoms with Gasteiger partial charge in [-0.3, -0.25) is 19.8 Å². The maximum Gasteiger partial charge on any atom is 0.269 e. The Bertz CT molecular complexity index is 865. The van der Waals surface area contributed by atoms with Crippen molar-refractivity contribution in [1.29, 1.82) is 0 Å². The molecule has 0 unspecified atom stereocenters. The summed E-state index contributed by atoms with van der Waals surface area (Å²) >= 11 is 1.56. The Morgan fingerprint density at radius 3 is 2.65 bits per heavy atom. The van der Waals surface area contributed by atoms with Crippen LogP contribution < -0.4 is 0 Å². The first kappa shape index (κ1) is 18.1. The molecule has 6 nitrogen and oxygen atoms in total. The molecule has 1 saturated heterocycles. The minimum absolute atomic E-state index is 0.0296. The molecule has 0 bridgehead atoms. The van der Waals surface area contributed by atoms with Crippen LogP contribution >= 0.6 is 11.8 Å². The van der Waals surface area contributed by atoms with Gasteiger partial charge in [0.15, 0.2) is 5.17 Å². The number of thioether (sulfide) groups is 1. The molecule has 1 aliphatic heterocycles. The fourth-order valence-electron chi connectivity index (χ4n) is 2.78. The summed E-state index contributed by atoms with van der Waals surface area (Å²) < 4.78 is 0. The van der Waals surface area contributed by atoms with Crippen molar-refractivity contribution in [2.75, 3.05) is 5.75 Å². The summed E-state index contributed by atoms with van der Waals surface area (Å²) in [5, 5.41) is 11.5. The van der Waals surface area contributed by atoms with Crippen molar-refractivity contribution < 1.29 is 9.72 Å². The van der Waals surface area contributed by atoms with Crippen LogP contribution in [0, 0.1) is 17.0 Å². The zero-order chi connectivity index (χ0) is 18.7. The van der Waals surface area contributed by atoms with Crippen molar-refractivity contribution >= 4 is 34.2 Å². The van der Waals surface area contributed by atoms with E-state index < -0.39 is 4.92 Å². The lowest BCUT2D eigenvalue weighted by molar-refractivity contribution is -0.384. The zero-order valence-corrected chi connectivity index (χ0v) is 15.4. The molecule has 1 atom stereocenters. The van der Waals surface area contributed by atoms with Crippen molar-refractivity contribution in [3.8, 4) is 0 Å². The largest absolute Gasteiger partial charge is 0.283 e. The highest BCUT2D eigenvalue weighted by atomic mass is 32.2. The lowest BCUT2D eigenvalue weighted by Gasteiger charge is -2.23. The maximum atomic E-state index is 13.0.